The molecule has 144 valence electrons. The van der Waals surface area contributed by atoms with E-state index in [0.29, 0.717) is 42.9 Å². The summed E-state index contributed by atoms with van der Waals surface area (Å²) in [4.78, 5) is 22.7. The van der Waals surface area contributed by atoms with Gasteiger partial charge < -0.3 is 18.8 Å². The van der Waals surface area contributed by atoms with Gasteiger partial charge in [0.05, 0.1) is 25.3 Å². The van der Waals surface area contributed by atoms with Crippen LogP contribution in [-0.4, -0.2) is 52.7 Å². The lowest BCUT2D eigenvalue weighted by atomic mass is 9.79. The first kappa shape index (κ1) is 18.0. The van der Waals surface area contributed by atoms with Gasteiger partial charge in [-0.1, -0.05) is 0 Å². The molecule has 4 heterocycles. The SMILES string of the molecule is Cc1cc(C(=O)N2CC3(C[C@H](CCOc4ncccn4)CCO3)C2)c(C)o1. The van der Waals surface area contributed by atoms with Gasteiger partial charge in [0, 0.05) is 19.0 Å². The Labute approximate surface area is 158 Å². The zero-order chi connectivity index (χ0) is 18.9. The van der Waals surface area contributed by atoms with E-state index in [1.54, 1.807) is 18.5 Å². The molecule has 2 aliphatic heterocycles. The second kappa shape index (κ2) is 7.31. The van der Waals surface area contributed by atoms with Crippen LogP contribution >= 0.6 is 0 Å². The van der Waals surface area contributed by atoms with E-state index in [9.17, 15) is 4.79 Å². The van der Waals surface area contributed by atoms with Crippen LogP contribution in [0.15, 0.2) is 28.9 Å². The highest BCUT2D eigenvalue weighted by Crippen LogP contribution is 2.39. The highest BCUT2D eigenvalue weighted by atomic mass is 16.5. The first-order valence-corrected chi connectivity index (χ1v) is 9.45. The summed E-state index contributed by atoms with van der Waals surface area (Å²) in [6.45, 7) is 6.32. The van der Waals surface area contributed by atoms with E-state index < -0.39 is 0 Å². The Morgan fingerprint density at radius 2 is 2.11 bits per heavy atom. The number of hydrogen-bond donors (Lipinski definition) is 0. The van der Waals surface area contributed by atoms with Crippen LogP contribution in [0.2, 0.25) is 0 Å². The van der Waals surface area contributed by atoms with Gasteiger partial charge in [-0.3, -0.25) is 4.79 Å². The summed E-state index contributed by atoms with van der Waals surface area (Å²) < 4.78 is 17.2. The van der Waals surface area contributed by atoms with E-state index in [1.165, 1.54) is 0 Å². The third-order valence-electron chi connectivity index (χ3n) is 5.41. The van der Waals surface area contributed by atoms with Crippen LogP contribution in [0, 0.1) is 19.8 Å². The van der Waals surface area contributed by atoms with E-state index in [1.807, 2.05) is 24.8 Å². The Bertz CT molecular complexity index is 799. The summed E-state index contributed by atoms with van der Waals surface area (Å²) in [5, 5.41) is 0. The molecule has 0 N–H and O–H groups in total. The molecule has 7 nitrogen and oxygen atoms in total. The van der Waals surface area contributed by atoms with Gasteiger partial charge in [-0.25, -0.2) is 9.97 Å². The van der Waals surface area contributed by atoms with E-state index >= 15 is 0 Å². The minimum Gasteiger partial charge on any atom is -0.466 e. The zero-order valence-electron chi connectivity index (χ0n) is 15.8. The Balaban J connectivity index is 1.28. The van der Waals surface area contributed by atoms with E-state index in [4.69, 9.17) is 13.9 Å². The number of carbonyl (C=O) groups is 1. The normalized spacial score (nSPS) is 21.1. The van der Waals surface area contributed by atoms with Crippen molar-refractivity contribution in [2.45, 2.75) is 38.7 Å². The molecule has 0 unspecified atom stereocenters. The fraction of sp³-hybridized carbons (Fsp3) is 0.550. The van der Waals surface area contributed by atoms with Gasteiger partial charge in [0.15, 0.2) is 0 Å². The maximum absolute atomic E-state index is 12.7. The highest BCUT2D eigenvalue weighted by molar-refractivity contribution is 5.96. The zero-order valence-corrected chi connectivity index (χ0v) is 15.8. The fourth-order valence-corrected chi connectivity index (χ4v) is 4.08. The van der Waals surface area contributed by atoms with Crippen LogP contribution in [-0.2, 0) is 4.74 Å². The van der Waals surface area contributed by atoms with Crippen molar-refractivity contribution in [3.8, 4) is 6.01 Å². The standard InChI is InChI=1S/C20H25N3O4/c1-14-10-17(15(2)27-14)18(24)23-12-20(13-23)11-16(5-9-26-20)4-8-25-19-21-6-3-7-22-19/h3,6-7,10,16H,4-5,8-9,11-13H2,1-2H3/t16-/m1/s1. The van der Waals surface area contributed by atoms with Gasteiger partial charge in [-0.2, -0.15) is 0 Å². The van der Waals surface area contributed by atoms with E-state index in [-0.39, 0.29) is 11.5 Å². The predicted octanol–water partition coefficient (Wildman–Crippen LogP) is 2.78. The van der Waals surface area contributed by atoms with Crippen molar-refractivity contribution >= 4 is 5.91 Å². The smallest absolute Gasteiger partial charge is 0.316 e. The van der Waals surface area contributed by atoms with Gasteiger partial charge in [-0.05, 0) is 51.2 Å². The summed E-state index contributed by atoms with van der Waals surface area (Å²) in [7, 11) is 0. The molecule has 1 atom stereocenters. The number of nitrogens with zero attached hydrogens (tertiary/aromatic N) is 3. The second-order valence-electron chi connectivity index (χ2n) is 7.55. The van der Waals surface area contributed by atoms with Crippen LogP contribution in [0.5, 0.6) is 6.01 Å². The summed E-state index contributed by atoms with van der Waals surface area (Å²) >= 11 is 0. The van der Waals surface area contributed by atoms with E-state index in [0.717, 1.165) is 31.6 Å². The van der Waals surface area contributed by atoms with E-state index in [2.05, 4.69) is 9.97 Å². The first-order valence-electron chi connectivity index (χ1n) is 9.45. The van der Waals surface area contributed by atoms with Gasteiger partial charge in [-0.15, -0.1) is 0 Å². The Hall–Kier alpha value is -2.41. The van der Waals surface area contributed by atoms with Crippen LogP contribution in [0.25, 0.3) is 0 Å². The number of hydrogen-bond acceptors (Lipinski definition) is 6. The number of ether oxygens (including phenoxy) is 2. The molecule has 0 radical (unpaired) electrons. The maximum Gasteiger partial charge on any atom is 0.316 e. The minimum absolute atomic E-state index is 0.0326. The molecule has 1 amide bonds. The highest BCUT2D eigenvalue weighted by Gasteiger charge is 2.49. The molecule has 2 saturated heterocycles. The predicted molar refractivity (Wildman–Crippen MR) is 97.6 cm³/mol. The van der Waals surface area contributed by atoms with Crippen LogP contribution in [0.4, 0.5) is 0 Å². The molecule has 0 bridgehead atoms. The van der Waals surface area contributed by atoms with Gasteiger partial charge in [0.25, 0.3) is 5.91 Å². The average molecular weight is 371 g/mol. The number of likely N-dealkylation sites (tertiary alicyclic amines) is 1. The molecule has 7 heteroatoms. The number of aromatic nitrogens is 2. The lowest BCUT2D eigenvalue weighted by Crippen LogP contribution is -2.66. The minimum atomic E-state index is -0.200. The number of aryl methyl sites for hydroxylation is 2. The molecule has 2 aromatic heterocycles. The molecule has 2 aromatic rings. The summed E-state index contributed by atoms with van der Waals surface area (Å²) in [5.41, 5.74) is 0.458. The Morgan fingerprint density at radius 1 is 1.33 bits per heavy atom. The van der Waals surface area contributed by atoms with Crippen LogP contribution in [0.1, 0.15) is 41.1 Å². The number of furan rings is 1. The second-order valence-corrected chi connectivity index (χ2v) is 7.55. The lowest BCUT2D eigenvalue weighted by Gasteiger charge is -2.53. The van der Waals surface area contributed by atoms with Crippen molar-refractivity contribution in [3.05, 3.63) is 41.6 Å². The molecule has 4 rings (SSSR count). The average Bonchev–Trinajstić information content (AvgIpc) is 2.98. The molecule has 27 heavy (non-hydrogen) atoms. The summed E-state index contributed by atoms with van der Waals surface area (Å²) in [5.74, 6) is 2.01. The fourth-order valence-electron chi connectivity index (χ4n) is 4.08. The largest absolute Gasteiger partial charge is 0.466 e. The number of amides is 1. The summed E-state index contributed by atoms with van der Waals surface area (Å²) in [6, 6.07) is 4.01. The Kier molecular flexibility index (Phi) is 4.86. The van der Waals surface area contributed by atoms with Crippen molar-refractivity contribution in [3.63, 3.8) is 0 Å². The number of rotatable bonds is 5. The molecule has 0 aliphatic carbocycles. The molecule has 0 aromatic carbocycles. The quantitative estimate of drug-likeness (QED) is 0.804. The van der Waals surface area contributed by atoms with Crippen molar-refractivity contribution in [1.82, 2.24) is 14.9 Å². The van der Waals surface area contributed by atoms with Gasteiger partial charge >= 0.3 is 6.01 Å². The molecular formula is C20H25N3O4. The maximum atomic E-state index is 12.7. The third kappa shape index (κ3) is 3.83. The Morgan fingerprint density at radius 3 is 2.81 bits per heavy atom. The van der Waals surface area contributed by atoms with Crippen LogP contribution < -0.4 is 4.74 Å². The molecule has 2 aliphatic rings. The third-order valence-corrected chi connectivity index (χ3v) is 5.41. The number of carbonyl (C=O) groups excluding carboxylic acids is 1. The molecular weight excluding hydrogens is 346 g/mol. The van der Waals surface area contributed by atoms with Crippen LogP contribution in [0.3, 0.4) is 0 Å². The molecule has 2 fully saturated rings. The van der Waals surface area contributed by atoms with Gasteiger partial charge in [0.1, 0.15) is 17.1 Å². The van der Waals surface area contributed by atoms with Crippen molar-refractivity contribution in [2.75, 3.05) is 26.3 Å². The molecule has 1 spiro atoms. The first-order chi connectivity index (χ1) is 13.0. The van der Waals surface area contributed by atoms with Crippen molar-refractivity contribution < 1.29 is 18.7 Å². The monoisotopic (exact) mass is 371 g/mol. The van der Waals surface area contributed by atoms with Crippen molar-refractivity contribution in [2.24, 2.45) is 5.92 Å². The topological polar surface area (TPSA) is 77.7 Å². The van der Waals surface area contributed by atoms with Gasteiger partial charge in [0.2, 0.25) is 0 Å². The summed E-state index contributed by atoms with van der Waals surface area (Å²) in [6.07, 6.45) is 6.27. The van der Waals surface area contributed by atoms with Crippen molar-refractivity contribution in [1.29, 1.82) is 0 Å². The molecule has 0 saturated carbocycles. The lowest BCUT2D eigenvalue weighted by molar-refractivity contribution is -0.166.